The minimum atomic E-state index is 0.975. The molecule has 0 aliphatic rings. The molecular weight excluding hydrogens is 190 g/mol. The largest absolute Gasteiger partial charge is 0.308 e. The molecule has 0 amide bonds. The topological polar surface area (TPSA) is 23.9 Å². The Hall–Kier alpha value is -0.630. The summed E-state index contributed by atoms with van der Waals surface area (Å²) in [6.45, 7) is 1.99. The van der Waals surface area contributed by atoms with Gasteiger partial charge in [0.05, 0.1) is 0 Å². The molecule has 10 heavy (non-hydrogen) atoms. The van der Waals surface area contributed by atoms with E-state index in [2.05, 4.69) is 15.9 Å². The highest BCUT2D eigenvalue weighted by molar-refractivity contribution is 9.10. The van der Waals surface area contributed by atoms with Crippen LogP contribution in [0.1, 0.15) is 11.1 Å². The van der Waals surface area contributed by atoms with Crippen LogP contribution >= 0.6 is 15.9 Å². The van der Waals surface area contributed by atoms with Crippen molar-refractivity contribution in [3.05, 3.63) is 33.8 Å². The first kappa shape index (κ1) is 7.48. The van der Waals surface area contributed by atoms with E-state index in [1.54, 1.807) is 0 Å². The molecule has 1 aromatic rings. The standard InChI is InChI=1S/C8H8BrN/c1-6-4-8(9)3-2-7(6)5-10/h2-5,10H,1H3. The smallest absolute Gasteiger partial charge is 0.0252 e. The van der Waals surface area contributed by atoms with Crippen molar-refractivity contribution in [3.63, 3.8) is 0 Å². The van der Waals surface area contributed by atoms with Crippen molar-refractivity contribution < 1.29 is 0 Å². The van der Waals surface area contributed by atoms with Crippen LogP contribution in [0, 0.1) is 12.3 Å². The van der Waals surface area contributed by atoms with Crippen LogP contribution in [0.3, 0.4) is 0 Å². The van der Waals surface area contributed by atoms with Gasteiger partial charge in [0.2, 0.25) is 0 Å². The third-order valence-corrected chi connectivity index (χ3v) is 1.88. The van der Waals surface area contributed by atoms with Crippen LogP contribution in [0.4, 0.5) is 0 Å². The van der Waals surface area contributed by atoms with E-state index < -0.39 is 0 Å². The monoisotopic (exact) mass is 197 g/mol. The second-order valence-corrected chi connectivity index (χ2v) is 3.06. The van der Waals surface area contributed by atoms with Gasteiger partial charge in [-0.1, -0.05) is 22.0 Å². The zero-order valence-corrected chi connectivity index (χ0v) is 7.27. The van der Waals surface area contributed by atoms with Gasteiger partial charge in [0, 0.05) is 10.7 Å². The summed E-state index contributed by atoms with van der Waals surface area (Å²) < 4.78 is 1.07. The molecule has 1 rings (SSSR count). The highest BCUT2D eigenvalue weighted by Crippen LogP contribution is 2.13. The summed E-state index contributed by atoms with van der Waals surface area (Å²) in [7, 11) is 0. The van der Waals surface area contributed by atoms with Gasteiger partial charge in [-0.3, -0.25) is 0 Å². The Morgan fingerprint density at radius 2 is 2.20 bits per heavy atom. The lowest BCUT2D eigenvalue weighted by Crippen LogP contribution is -1.83. The Balaban J connectivity index is 3.19. The van der Waals surface area contributed by atoms with Gasteiger partial charge in [-0.15, -0.1) is 0 Å². The van der Waals surface area contributed by atoms with Crippen molar-refractivity contribution in [1.29, 1.82) is 5.41 Å². The van der Waals surface area contributed by atoms with Crippen molar-refractivity contribution in [2.24, 2.45) is 0 Å². The predicted molar refractivity (Wildman–Crippen MR) is 46.8 cm³/mol. The van der Waals surface area contributed by atoms with Gasteiger partial charge in [0.25, 0.3) is 0 Å². The summed E-state index contributed by atoms with van der Waals surface area (Å²) in [5, 5.41) is 7.01. The van der Waals surface area contributed by atoms with Crippen molar-refractivity contribution in [2.45, 2.75) is 6.92 Å². The van der Waals surface area contributed by atoms with E-state index in [0.29, 0.717) is 0 Å². The maximum atomic E-state index is 7.01. The van der Waals surface area contributed by atoms with E-state index in [-0.39, 0.29) is 0 Å². The lowest BCUT2D eigenvalue weighted by Gasteiger charge is -1.97. The molecular formula is C8H8BrN. The van der Waals surface area contributed by atoms with Crippen LogP contribution in [0.5, 0.6) is 0 Å². The van der Waals surface area contributed by atoms with Crippen LogP contribution in [0.25, 0.3) is 0 Å². The van der Waals surface area contributed by atoms with Crippen LogP contribution < -0.4 is 0 Å². The minimum absolute atomic E-state index is 0.975. The molecule has 1 nitrogen and oxygen atoms in total. The van der Waals surface area contributed by atoms with Crippen LogP contribution in [-0.4, -0.2) is 6.21 Å². The number of aryl methyl sites for hydroxylation is 1. The van der Waals surface area contributed by atoms with E-state index in [1.165, 1.54) is 6.21 Å². The minimum Gasteiger partial charge on any atom is -0.308 e. The zero-order chi connectivity index (χ0) is 7.56. The molecule has 52 valence electrons. The summed E-state index contributed by atoms with van der Waals surface area (Å²) >= 11 is 3.35. The van der Waals surface area contributed by atoms with E-state index in [9.17, 15) is 0 Å². The molecule has 0 unspecified atom stereocenters. The van der Waals surface area contributed by atoms with Gasteiger partial charge in [-0.05, 0) is 30.2 Å². The van der Waals surface area contributed by atoms with Gasteiger partial charge < -0.3 is 5.41 Å². The maximum absolute atomic E-state index is 7.01. The van der Waals surface area contributed by atoms with E-state index in [0.717, 1.165) is 15.6 Å². The SMILES string of the molecule is Cc1cc(Br)ccc1C=N. The van der Waals surface area contributed by atoms with Gasteiger partial charge >= 0.3 is 0 Å². The molecule has 0 heterocycles. The summed E-state index contributed by atoms with van der Waals surface area (Å²) in [5.74, 6) is 0. The van der Waals surface area contributed by atoms with Gasteiger partial charge in [0.15, 0.2) is 0 Å². The molecule has 0 aliphatic heterocycles. The quantitative estimate of drug-likeness (QED) is 0.671. The second-order valence-electron chi connectivity index (χ2n) is 2.15. The molecule has 0 atom stereocenters. The Morgan fingerprint density at radius 1 is 1.50 bits per heavy atom. The maximum Gasteiger partial charge on any atom is 0.0252 e. The lowest BCUT2D eigenvalue weighted by molar-refractivity contribution is 1.41. The molecule has 1 N–H and O–H groups in total. The van der Waals surface area contributed by atoms with Gasteiger partial charge in [0.1, 0.15) is 0 Å². The molecule has 0 aromatic heterocycles. The fourth-order valence-electron chi connectivity index (χ4n) is 0.801. The molecule has 2 heteroatoms. The lowest BCUT2D eigenvalue weighted by atomic mass is 10.1. The van der Waals surface area contributed by atoms with E-state index >= 15 is 0 Å². The molecule has 0 spiro atoms. The molecule has 0 bridgehead atoms. The molecule has 0 saturated heterocycles. The van der Waals surface area contributed by atoms with Crippen molar-refractivity contribution in [2.75, 3.05) is 0 Å². The third-order valence-electron chi connectivity index (χ3n) is 1.39. The third kappa shape index (κ3) is 1.45. The summed E-state index contributed by atoms with van der Waals surface area (Å²) in [4.78, 5) is 0. The Labute approximate surface area is 68.7 Å². The Bertz CT molecular complexity index is 255. The second kappa shape index (κ2) is 2.97. The van der Waals surface area contributed by atoms with Gasteiger partial charge in [-0.2, -0.15) is 0 Å². The fourth-order valence-corrected chi connectivity index (χ4v) is 1.28. The molecule has 1 aromatic carbocycles. The first-order chi connectivity index (χ1) is 4.74. The molecule has 0 radical (unpaired) electrons. The number of hydrogen-bond donors (Lipinski definition) is 1. The molecule has 0 aliphatic carbocycles. The number of benzene rings is 1. The number of halogens is 1. The Morgan fingerprint density at radius 3 is 2.70 bits per heavy atom. The zero-order valence-electron chi connectivity index (χ0n) is 5.69. The normalized spacial score (nSPS) is 9.40. The highest BCUT2D eigenvalue weighted by Gasteiger charge is 1.93. The van der Waals surface area contributed by atoms with Crippen LogP contribution in [0.15, 0.2) is 22.7 Å². The number of nitrogens with one attached hydrogen (secondary N) is 1. The number of rotatable bonds is 1. The summed E-state index contributed by atoms with van der Waals surface area (Å²) in [6, 6.07) is 5.86. The molecule has 0 saturated carbocycles. The van der Waals surface area contributed by atoms with Crippen molar-refractivity contribution >= 4 is 22.1 Å². The number of hydrogen-bond acceptors (Lipinski definition) is 1. The first-order valence-corrected chi connectivity index (χ1v) is 3.80. The van der Waals surface area contributed by atoms with Crippen LogP contribution in [-0.2, 0) is 0 Å². The first-order valence-electron chi connectivity index (χ1n) is 3.00. The average molecular weight is 198 g/mol. The van der Waals surface area contributed by atoms with Crippen molar-refractivity contribution in [3.8, 4) is 0 Å². The Kier molecular flexibility index (Phi) is 2.22. The van der Waals surface area contributed by atoms with Gasteiger partial charge in [-0.25, -0.2) is 0 Å². The van der Waals surface area contributed by atoms with E-state index in [1.807, 2.05) is 25.1 Å². The highest BCUT2D eigenvalue weighted by atomic mass is 79.9. The average Bonchev–Trinajstić information content (AvgIpc) is 1.88. The predicted octanol–water partition coefficient (Wildman–Crippen LogP) is 2.76. The molecule has 0 fully saturated rings. The van der Waals surface area contributed by atoms with Crippen LogP contribution in [0.2, 0.25) is 0 Å². The van der Waals surface area contributed by atoms with Crippen molar-refractivity contribution in [1.82, 2.24) is 0 Å². The summed E-state index contributed by atoms with van der Waals surface area (Å²) in [5.41, 5.74) is 2.10. The summed E-state index contributed by atoms with van der Waals surface area (Å²) in [6.07, 6.45) is 1.36. The van der Waals surface area contributed by atoms with E-state index in [4.69, 9.17) is 5.41 Å². The fraction of sp³-hybridized carbons (Fsp3) is 0.125.